The van der Waals surface area contributed by atoms with Gasteiger partial charge in [0, 0.05) is 11.9 Å². The van der Waals surface area contributed by atoms with Crippen LogP contribution in [0.25, 0.3) is 11.0 Å². The molecule has 0 fully saturated rings. The van der Waals surface area contributed by atoms with Gasteiger partial charge in [-0.3, -0.25) is 4.98 Å². The van der Waals surface area contributed by atoms with E-state index in [1.807, 2.05) is 30.5 Å². The molecule has 2 aromatic carbocycles. The standard InChI is InChI=1S/C21H19N3OS/c1-25-18-9-5-8-17(12-18)15-26-21-23-19-10-11-22-13-20(19)24(21)14-16-6-3-2-4-7-16/h2-13H,14-15H2,1H3. The molecule has 0 unspecified atom stereocenters. The van der Waals surface area contributed by atoms with Gasteiger partial charge in [0.15, 0.2) is 5.16 Å². The molecule has 4 nitrogen and oxygen atoms in total. The Balaban J connectivity index is 1.64. The van der Waals surface area contributed by atoms with Gasteiger partial charge in [-0.2, -0.15) is 0 Å². The number of pyridine rings is 1. The number of fused-ring (bicyclic) bond motifs is 1. The van der Waals surface area contributed by atoms with Gasteiger partial charge in [0.2, 0.25) is 0 Å². The maximum atomic E-state index is 5.32. The Bertz CT molecular complexity index is 1010. The predicted molar refractivity (Wildman–Crippen MR) is 106 cm³/mol. The van der Waals surface area contributed by atoms with Gasteiger partial charge < -0.3 is 9.30 Å². The molecule has 0 saturated carbocycles. The fourth-order valence-corrected chi connectivity index (χ4v) is 3.84. The van der Waals surface area contributed by atoms with E-state index < -0.39 is 0 Å². The van der Waals surface area contributed by atoms with E-state index in [-0.39, 0.29) is 0 Å². The van der Waals surface area contributed by atoms with Crippen molar-refractivity contribution in [1.29, 1.82) is 0 Å². The molecule has 0 amide bonds. The Kier molecular flexibility index (Phi) is 4.88. The molecule has 26 heavy (non-hydrogen) atoms. The average molecular weight is 361 g/mol. The summed E-state index contributed by atoms with van der Waals surface area (Å²) >= 11 is 1.73. The van der Waals surface area contributed by atoms with Crippen LogP contribution in [0.1, 0.15) is 11.1 Å². The zero-order valence-corrected chi connectivity index (χ0v) is 15.3. The van der Waals surface area contributed by atoms with Gasteiger partial charge in [-0.15, -0.1) is 0 Å². The first kappa shape index (κ1) is 16.7. The number of hydrogen-bond acceptors (Lipinski definition) is 4. The molecule has 4 aromatic rings. The van der Waals surface area contributed by atoms with Crippen molar-refractivity contribution < 1.29 is 4.74 Å². The summed E-state index contributed by atoms with van der Waals surface area (Å²) in [5.41, 5.74) is 4.50. The van der Waals surface area contributed by atoms with Gasteiger partial charge in [-0.05, 0) is 29.3 Å². The third kappa shape index (κ3) is 3.58. The quantitative estimate of drug-likeness (QED) is 0.463. The van der Waals surface area contributed by atoms with Crippen LogP contribution in [0.3, 0.4) is 0 Å². The lowest BCUT2D eigenvalue weighted by molar-refractivity contribution is 0.414. The Morgan fingerprint density at radius 1 is 1.00 bits per heavy atom. The highest BCUT2D eigenvalue weighted by Crippen LogP contribution is 2.28. The Hall–Kier alpha value is -2.79. The van der Waals surface area contributed by atoms with Crippen LogP contribution in [0.15, 0.2) is 78.2 Å². The maximum absolute atomic E-state index is 5.32. The van der Waals surface area contributed by atoms with E-state index in [9.17, 15) is 0 Å². The summed E-state index contributed by atoms with van der Waals surface area (Å²) < 4.78 is 7.56. The molecule has 0 aliphatic heterocycles. The molecule has 130 valence electrons. The second-order valence-electron chi connectivity index (χ2n) is 5.97. The number of methoxy groups -OCH3 is 1. The van der Waals surface area contributed by atoms with E-state index in [2.05, 4.69) is 45.9 Å². The average Bonchev–Trinajstić information content (AvgIpc) is 3.05. The molecule has 0 bridgehead atoms. The summed E-state index contributed by atoms with van der Waals surface area (Å²) in [5, 5.41) is 1.000. The molecule has 2 aromatic heterocycles. The van der Waals surface area contributed by atoms with Crippen LogP contribution in [0.4, 0.5) is 0 Å². The largest absolute Gasteiger partial charge is 0.497 e. The molecule has 5 heteroatoms. The molecule has 0 radical (unpaired) electrons. The first-order valence-electron chi connectivity index (χ1n) is 8.43. The Morgan fingerprint density at radius 2 is 1.85 bits per heavy atom. The van der Waals surface area contributed by atoms with E-state index >= 15 is 0 Å². The van der Waals surface area contributed by atoms with Gasteiger partial charge in [0.05, 0.1) is 30.9 Å². The minimum Gasteiger partial charge on any atom is -0.497 e. The second kappa shape index (κ2) is 7.62. The first-order chi connectivity index (χ1) is 12.8. The van der Waals surface area contributed by atoms with Crippen LogP contribution in [0, 0.1) is 0 Å². The summed E-state index contributed by atoms with van der Waals surface area (Å²) in [6.07, 6.45) is 3.68. The van der Waals surface area contributed by atoms with Crippen molar-refractivity contribution in [3.05, 3.63) is 84.2 Å². The van der Waals surface area contributed by atoms with Crippen molar-refractivity contribution in [3.8, 4) is 5.75 Å². The monoisotopic (exact) mass is 361 g/mol. The summed E-state index contributed by atoms with van der Waals surface area (Å²) in [6, 6.07) is 20.6. The van der Waals surface area contributed by atoms with Crippen LogP contribution in [0.5, 0.6) is 5.75 Å². The van der Waals surface area contributed by atoms with Crippen molar-refractivity contribution in [2.45, 2.75) is 17.5 Å². The third-order valence-electron chi connectivity index (χ3n) is 4.20. The number of aromatic nitrogens is 3. The molecule has 0 aliphatic rings. The van der Waals surface area contributed by atoms with Gasteiger partial charge in [-0.25, -0.2) is 4.98 Å². The normalized spacial score (nSPS) is 11.0. The van der Waals surface area contributed by atoms with Crippen molar-refractivity contribution >= 4 is 22.8 Å². The van der Waals surface area contributed by atoms with Crippen LogP contribution < -0.4 is 4.74 Å². The van der Waals surface area contributed by atoms with E-state index in [1.165, 1.54) is 11.1 Å². The van der Waals surface area contributed by atoms with E-state index in [0.29, 0.717) is 0 Å². The molecular weight excluding hydrogens is 342 g/mol. The van der Waals surface area contributed by atoms with Crippen molar-refractivity contribution in [1.82, 2.24) is 14.5 Å². The minimum absolute atomic E-state index is 0.781. The Morgan fingerprint density at radius 3 is 2.69 bits per heavy atom. The second-order valence-corrected chi connectivity index (χ2v) is 6.91. The molecule has 0 saturated heterocycles. The van der Waals surface area contributed by atoms with Crippen LogP contribution in [-0.4, -0.2) is 21.6 Å². The highest BCUT2D eigenvalue weighted by Gasteiger charge is 2.12. The summed E-state index contributed by atoms with van der Waals surface area (Å²) in [5.74, 6) is 1.72. The molecular formula is C21H19N3OS. The molecule has 4 rings (SSSR count). The highest BCUT2D eigenvalue weighted by atomic mass is 32.2. The zero-order chi connectivity index (χ0) is 17.8. The van der Waals surface area contributed by atoms with Crippen molar-refractivity contribution in [3.63, 3.8) is 0 Å². The highest BCUT2D eigenvalue weighted by molar-refractivity contribution is 7.98. The molecule has 0 aliphatic carbocycles. The number of hydrogen-bond donors (Lipinski definition) is 0. The number of imidazole rings is 1. The predicted octanol–water partition coefficient (Wildman–Crippen LogP) is 4.78. The van der Waals surface area contributed by atoms with Gasteiger partial charge in [0.25, 0.3) is 0 Å². The first-order valence-corrected chi connectivity index (χ1v) is 9.42. The minimum atomic E-state index is 0.781. The number of nitrogens with zero attached hydrogens (tertiary/aromatic N) is 3. The van der Waals surface area contributed by atoms with Crippen molar-refractivity contribution in [2.75, 3.05) is 7.11 Å². The lowest BCUT2D eigenvalue weighted by atomic mass is 10.2. The van der Waals surface area contributed by atoms with Crippen LogP contribution in [-0.2, 0) is 12.3 Å². The van der Waals surface area contributed by atoms with Crippen molar-refractivity contribution in [2.24, 2.45) is 0 Å². The number of benzene rings is 2. The summed E-state index contributed by atoms with van der Waals surface area (Å²) in [6.45, 7) is 0.781. The third-order valence-corrected chi connectivity index (χ3v) is 5.25. The maximum Gasteiger partial charge on any atom is 0.169 e. The topological polar surface area (TPSA) is 39.9 Å². The van der Waals surface area contributed by atoms with Gasteiger partial charge >= 0.3 is 0 Å². The van der Waals surface area contributed by atoms with E-state index in [4.69, 9.17) is 9.72 Å². The zero-order valence-electron chi connectivity index (χ0n) is 14.5. The molecule has 0 spiro atoms. The van der Waals surface area contributed by atoms with Gasteiger partial charge in [-0.1, -0.05) is 54.2 Å². The van der Waals surface area contributed by atoms with Gasteiger partial charge in [0.1, 0.15) is 5.75 Å². The van der Waals surface area contributed by atoms with E-state index in [1.54, 1.807) is 25.1 Å². The summed E-state index contributed by atoms with van der Waals surface area (Å²) in [4.78, 5) is 9.10. The fourth-order valence-electron chi connectivity index (χ4n) is 2.89. The smallest absolute Gasteiger partial charge is 0.169 e. The SMILES string of the molecule is COc1cccc(CSc2nc3ccncc3n2Cc2ccccc2)c1. The number of ether oxygens (including phenoxy) is 1. The van der Waals surface area contributed by atoms with E-state index in [0.717, 1.165) is 34.2 Å². The lowest BCUT2D eigenvalue weighted by Gasteiger charge is -2.09. The molecule has 0 N–H and O–H groups in total. The Labute approximate surface area is 156 Å². The van der Waals surface area contributed by atoms with Crippen LogP contribution >= 0.6 is 11.8 Å². The number of thioether (sulfide) groups is 1. The molecule has 0 atom stereocenters. The summed E-state index contributed by atoms with van der Waals surface area (Å²) in [7, 11) is 1.69. The van der Waals surface area contributed by atoms with Crippen LogP contribution in [0.2, 0.25) is 0 Å². The fraction of sp³-hybridized carbons (Fsp3) is 0.143. The number of rotatable bonds is 6. The molecule has 2 heterocycles. The lowest BCUT2D eigenvalue weighted by Crippen LogP contribution is -2.01.